The summed E-state index contributed by atoms with van der Waals surface area (Å²) in [5.41, 5.74) is 1.69. The second-order valence-electron chi connectivity index (χ2n) is 7.16. The van der Waals surface area contributed by atoms with Gasteiger partial charge in [-0.3, -0.25) is 9.59 Å². The van der Waals surface area contributed by atoms with Gasteiger partial charge >= 0.3 is 5.97 Å². The Labute approximate surface area is 190 Å². The van der Waals surface area contributed by atoms with Crippen LogP contribution in [0.2, 0.25) is 0 Å². The summed E-state index contributed by atoms with van der Waals surface area (Å²) in [5, 5.41) is 2.92. The first-order valence-electron chi connectivity index (χ1n) is 9.75. The highest BCUT2D eigenvalue weighted by molar-refractivity contribution is 7.99. The van der Waals surface area contributed by atoms with Crippen molar-refractivity contribution >= 4 is 50.4 Å². The summed E-state index contributed by atoms with van der Waals surface area (Å²) >= 11 is 1.07. The second-order valence-corrected chi connectivity index (χ2v) is 9.80. The van der Waals surface area contributed by atoms with Gasteiger partial charge in [0.2, 0.25) is 10.0 Å². The van der Waals surface area contributed by atoms with Gasteiger partial charge in [0, 0.05) is 11.7 Å². The van der Waals surface area contributed by atoms with Gasteiger partial charge in [0.1, 0.15) is 11.3 Å². The van der Waals surface area contributed by atoms with Crippen LogP contribution in [-0.4, -0.2) is 43.2 Å². The molecule has 1 unspecified atom stereocenters. The van der Waals surface area contributed by atoms with Gasteiger partial charge in [-0.2, -0.15) is 0 Å². The van der Waals surface area contributed by atoms with Crippen LogP contribution in [0.3, 0.4) is 0 Å². The number of aromatic nitrogens is 1. The Balaban J connectivity index is 1.50. The molecule has 2 aromatic carbocycles. The summed E-state index contributed by atoms with van der Waals surface area (Å²) in [6.45, 7) is 4.89. The number of esters is 1. The highest BCUT2D eigenvalue weighted by atomic mass is 32.2. The largest absolute Gasteiger partial charge is 0.452 e. The van der Waals surface area contributed by atoms with E-state index in [9.17, 15) is 18.0 Å². The first kappa shape index (κ1) is 23.8. The van der Waals surface area contributed by atoms with Crippen LogP contribution >= 0.6 is 11.8 Å². The second kappa shape index (κ2) is 10.2. The minimum absolute atomic E-state index is 0.0696. The number of benzene rings is 2. The minimum atomic E-state index is -3.62. The third-order valence-corrected chi connectivity index (χ3v) is 6.56. The fourth-order valence-corrected chi connectivity index (χ4v) is 4.53. The van der Waals surface area contributed by atoms with Gasteiger partial charge in [0.05, 0.1) is 4.90 Å². The molecule has 0 saturated carbocycles. The molecule has 11 heteroatoms. The Morgan fingerprint density at radius 2 is 1.78 bits per heavy atom. The zero-order chi connectivity index (χ0) is 23.3. The zero-order valence-electron chi connectivity index (χ0n) is 17.7. The SMILES string of the molecule is CC(C)NS(=O)(=O)c1ccc(NC(=O)C(C)OC(=O)CSc2nc3ccccc3o2)cc1. The Kier molecular flexibility index (Phi) is 7.54. The number of nitrogens with one attached hydrogen (secondary N) is 2. The molecule has 1 aromatic heterocycles. The molecule has 170 valence electrons. The van der Waals surface area contributed by atoms with Crippen LogP contribution in [0.1, 0.15) is 20.8 Å². The van der Waals surface area contributed by atoms with E-state index in [1.165, 1.54) is 31.2 Å². The molecule has 0 aliphatic heterocycles. The first-order valence-corrected chi connectivity index (χ1v) is 12.2. The van der Waals surface area contributed by atoms with E-state index >= 15 is 0 Å². The fourth-order valence-electron chi connectivity index (χ4n) is 2.66. The number of oxazole rings is 1. The molecule has 1 amide bonds. The van der Waals surface area contributed by atoms with Crippen LogP contribution in [0.4, 0.5) is 5.69 Å². The lowest BCUT2D eigenvalue weighted by Gasteiger charge is -2.14. The average molecular weight is 478 g/mol. The normalized spacial score (nSPS) is 12.6. The van der Waals surface area contributed by atoms with Crippen molar-refractivity contribution in [2.24, 2.45) is 0 Å². The number of fused-ring (bicyclic) bond motifs is 1. The van der Waals surface area contributed by atoms with E-state index < -0.39 is 28.0 Å². The molecule has 0 aliphatic carbocycles. The highest BCUT2D eigenvalue weighted by Crippen LogP contribution is 2.23. The van der Waals surface area contributed by atoms with E-state index in [1.807, 2.05) is 12.1 Å². The van der Waals surface area contributed by atoms with E-state index in [2.05, 4.69) is 15.0 Å². The Morgan fingerprint density at radius 1 is 1.09 bits per heavy atom. The summed E-state index contributed by atoms with van der Waals surface area (Å²) < 4.78 is 37.5. The van der Waals surface area contributed by atoms with Crippen molar-refractivity contribution in [1.29, 1.82) is 0 Å². The van der Waals surface area contributed by atoms with Gasteiger partial charge in [-0.25, -0.2) is 18.1 Å². The number of carbonyl (C=O) groups is 2. The maximum atomic E-state index is 12.3. The number of nitrogens with zero attached hydrogens (tertiary/aromatic N) is 1. The number of thioether (sulfide) groups is 1. The van der Waals surface area contributed by atoms with Crippen LogP contribution in [0.25, 0.3) is 11.1 Å². The molecule has 0 aliphatic rings. The number of carbonyl (C=O) groups excluding carboxylic acids is 2. The maximum absolute atomic E-state index is 12.3. The molecule has 0 saturated heterocycles. The van der Waals surface area contributed by atoms with Crippen molar-refractivity contribution < 1.29 is 27.2 Å². The summed E-state index contributed by atoms with van der Waals surface area (Å²) in [5.74, 6) is -1.21. The van der Waals surface area contributed by atoms with Gasteiger partial charge in [-0.15, -0.1) is 0 Å². The number of rotatable bonds is 9. The number of hydrogen-bond donors (Lipinski definition) is 2. The molecule has 1 atom stereocenters. The number of para-hydroxylation sites is 2. The zero-order valence-corrected chi connectivity index (χ0v) is 19.3. The molecule has 0 bridgehead atoms. The monoisotopic (exact) mass is 477 g/mol. The molecule has 32 heavy (non-hydrogen) atoms. The Hall–Kier alpha value is -2.89. The molecule has 2 N–H and O–H groups in total. The molecule has 9 nitrogen and oxygen atoms in total. The highest BCUT2D eigenvalue weighted by Gasteiger charge is 2.20. The molecule has 0 radical (unpaired) electrons. The van der Waals surface area contributed by atoms with Crippen molar-refractivity contribution in [2.45, 2.75) is 43.0 Å². The smallest absolute Gasteiger partial charge is 0.317 e. The molecule has 3 rings (SSSR count). The third-order valence-electron chi connectivity index (χ3n) is 4.09. The van der Waals surface area contributed by atoms with E-state index in [0.29, 0.717) is 22.0 Å². The number of ether oxygens (including phenoxy) is 1. The maximum Gasteiger partial charge on any atom is 0.317 e. The number of amides is 1. The van der Waals surface area contributed by atoms with Gasteiger partial charge < -0.3 is 14.5 Å². The van der Waals surface area contributed by atoms with Crippen LogP contribution < -0.4 is 10.0 Å². The van der Waals surface area contributed by atoms with E-state index in [0.717, 1.165) is 11.8 Å². The number of hydrogen-bond acceptors (Lipinski definition) is 8. The first-order chi connectivity index (χ1) is 15.1. The van der Waals surface area contributed by atoms with Crippen LogP contribution in [0.5, 0.6) is 0 Å². The van der Waals surface area contributed by atoms with E-state index in [-0.39, 0.29) is 16.7 Å². The van der Waals surface area contributed by atoms with Crippen molar-refractivity contribution in [2.75, 3.05) is 11.1 Å². The molecule has 0 spiro atoms. The van der Waals surface area contributed by atoms with Crippen molar-refractivity contribution in [3.63, 3.8) is 0 Å². The van der Waals surface area contributed by atoms with Crippen molar-refractivity contribution in [3.8, 4) is 0 Å². The van der Waals surface area contributed by atoms with Crippen LogP contribution in [-0.2, 0) is 24.3 Å². The standard InChI is InChI=1S/C21H23N3O6S2/c1-13(2)24-32(27,28)16-10-8-15(9-11-16)22-20(26)14(3)29-19(25)12-31-21-23-17-6-4-5-7-18(17)30-21/h4-11,13-14,24H,12H2,1-3H3,(H,22,26). The average Bonchev–Trinajstić information content (AvgIpc) is 3.15. The fraction of sp³-hybridized carbons (Fsp3) is 0.286. The lowest BCUT2D eigenvalue weighted by Crippen LogP contribution is -2.31. The van der Waals surface area contributed by atoms with Crippen molar-refractivity contribution in [3.05, 3.63) is 48.5 Å². The molecule has 0 fully saturated rings. The van der Waals surface area contributed by atoms with Gasteiger partial charge in [0.15, 0.2) is 11.7 Å². The Morgan fingerprint density at radius 3 is 2.44 bits per heavy atom. The summed E-state index contributed by atoms with van der Waals surface area (Å²) in [6.07, 6.45) is -1.04. The predicted octanol–water partition coefficient (Wildman–Crippen LogP) is 3.18. The number of anilines is 1. The topological polar surface area (TPSA) is 128 Å². The molecule has 1 heterocycles. The molecular formula is C21H23N3O6S2. The predicted molar refractivity (Wildman–Crippen MR) is 121 cm³/mol. The third kappa shape index (κ3) is 6.31. The van der Waals surface area contributed by atoms with Crippen LogP contribution in [0, 0.1) is 0 Å². The van der Waals surface area contributed by atoms with E-state index in [4.69, 9.17) is 9.15 Å². The van der Waals surface area contributed by atoms with Crippen molar-refractivity contribution in [1.82, 2.24) is 9.71 Å². The van der Waals surface area contributed by atoms with Gasteiger partial charge in [-0.1, -0.05) is 23.9 Å². The van der Waals surface area contributed by atoms with Gasteiger partial charge in [0.25, 0.3) is 11.1 Å². The summed E-state index contributed by atoms with van der Waals surface area (Å²) in [7, 11) is -3.62. The van der Waals surface area contributed by atoms with Gasteiger partial charge in [-0.05, 0) is 57.2 Å². The lowest BCUT2D eigenvalue weighted by molar-refractivity contribution is -0.150. The van der Waals surface area contributed by atoms with Crippen LogP contribution in [0.15, 0.2) is 63.1 Å². The number of sulfonamides is 1. The lowest BCUT2D eigenvalue weighted by atomic mass is 10.3. The summed E-state index contributed by atoms with van der Waals surface area (Å²) in [6, 6.07) is 12.7. The quantitative estimate of drug-likeness (QED) is 0.355. The molecular weight excluding hydrogens is 454 g/mol. The minimum Gasteiger partial charge on any atom is -0.452 e. The Bertz CT molecular complexity index is 1170. The summed E-state index contributed by atoms with van der Waals surface area (Å²) in [4.78, 5) is 28.7. The molecule has 3 aromatic rings. The van der Waals surface area contributed by atoms with E-state index in [1.54, 1.807) is 26.0 Å².